The van der Waals surface area contributed by atoms with Crippen molar-refractivity contribution >= 4 is 11.8 Å². The molecule has 0 heterocycles. The number of hydrogen-bond acceptors (Lipinski definition) is 2. The van der Waals surface area contributed by atoms with Gasteiger partial charge in [0.1, 0.15) is 0 Å². The van der Waals surface area contributed by atoms with E-state index in [0.29, 0.717) is 16.7 Å². The Morgan fingerprint density at radius 1 is 1.19 bits per heavy atom. The summed E-state index contributed by atoms with van der Waals surface area (Å²) in [6.45, 7) is 12.7. The summed E-state index contributed by atoms with van der Waals surface area (Å²) < 4.78 is 0. The maximum atomic E-state index is 3.73. The van der Waals surface area contributed by atoms with E-state index in [2.05, 4.69) is 76.0 Å². The fourth-order valence-electron chi connectivity index (χ4n) is 3.39. The lowest BCUT2D eigenvalue weighted by atomic mass is 9.71. The minimum absolute atomic E-state index is 0.432. The lowest BCUT2D eigenvalue weighted by Crippen LogP contribution is -2.44. The maximum Gasteiger partial charge on any atom is 0.0251 e. The number of benzene rings is 1. The van der Waals surface area contributed by atoms with Crippen LogP contribution in [0, 0.1) is 18.3 Å². The van der Waals surface area contributed by atoms with E-state index in [-0.39, 0.29) is 0 Å². The second-order valence-electron chi connectivity index (χ2n) is 7.46. The fraction of sp³-hybridized carbons (Fsp3) is 0.684. The van der Waals surface area contributed by atoms with Crippen LogP contribution in [0.4, 0.5) is 0 Å². The van der Waals surface area contributed by atoms with E-state index < -0.39 is 0 Å². The van der Waals surface area contributed by atoms with E-state index in [4.69, 9.17) is 0 Å². The molecule has 2 rings (SSSR count). The van der Waals surface area contributed by atoms with Gasteiger partial charge in [-0.25, -0.2) is 0 Å². The molecule has 21 heavy (non-hydrogen) atoms. The molecular weight excluding hydrogens is 274 g/mol. The second-order valence-corrected chi connectivity index (χ2v) is 8.74. The first-order chi connectivity index (χ1) is 9.91. The van der Waals surface area contributed by atoms with Crippen LogP contribution in [0.5, 0.6) is 0 Å². The van der Waals surface area contributed by atoms with Crippen LogP contribution in [-0.4, -0.2) is 17.8 Å². The highest BCUT2D eigenvalue weighted by Gasteiger charge is 2.36. The largest absolute Gasteiger partial charge is 0.313 e. The molecule has 0 aromatic heterocycles. The van der Waals surface area contributed by atoms with Gasteiger partial charge in [0, 0.05) is 16.2 Å². The quantitative estimate of drug-likeness (QED) is 0.812. The van der Waals surface area contributed by atoms with Crippen molar-refractivity contribution < 1.29 is 0 Å². The van der Waals surface area contributed by atoms with E-state index in [1.54, 1.807) is 0 Å². The van der Waals surface area contributed by atoms with Crippen LogP contribution in [0.3, 0.4) is 0 Å². The first kappa shape index (κ1) is 16.9. The molecule has 1 N–H and O–H groups in total. The van der Waals surface area contributed by atoms with Crippen LogP contribution in [0.1, 0.15) is 52.5 Å². The van der Waals surface area contributed by atoms with Crippen LogP contribution in [0.25, 0.3) is 0 Å². The van der Waals surface area contributed by atoms with Crippen LogP contribution < -0.4 is 5.32 Å². The predicted molar refractivity (Wildman–Crippen MR) is 95.1 cm³/mol. The van der Waals surface area contributed by atoms with Crippen molar-refractivity contribution in [3.8, 4) is 0 Å². The zero-order chi connectivity index (χ0) is 15.5. The van der Waals surface area contributed by atoms with Gasteiger partial charge in [0.25, 0.3) is 0 Å². The van der Waals surface area contributed by atoms with Gasteiger partial charge in [-0.05, 0) is 55.7 Å². The molecule has 1 aliphatic carbocycles. The van der Waals surface area contributed by atoms with Gasteiger partial charge in [-0.3, -0.25) is 0 Å². The van der Waals surface area contributed by atoms with E-state index in [0.717, 1.165) is 12.5 Å². The molecule has 1 aliphatic rings. The summed E-state index contributed by atoms with van der Waals surface area (Å²) in [5, 5.41) is 4.42. The van der Waals surface area contributed by atoms with Crippen molar-refractivity contribution in [2.24, 2.45) is 11.3 Å². The first-order valence-corrected chi connectivity index (χ1v) is 9.25. The van der Waals surface area contributed by atoms with E-state index >= 15 is 0 Å². The molecule has 0 spiro atoms. The van der Waals surface area contributed by atoms with Crippen molar-refractivity contribution in [1.29, 1.82) is 0 Å². The summed E-state index contributed by atoms with van der Waals surface area (Å²) >= 11 is 2.10. The van der Waals surface area contributed by atoms with Gasteiger partial charge in [0.05, 0.1) is 0 Å². The van der Waals surface area contributed by atoms with Crippen molar-refractivity contribution in [2.45, 2.75) is 70.1 Å². The molecule has 1 fully saturated rings. The molecular formula is C19H31NS. The van der Waals surface area contributed by atoms with Crippen LogP contribution >= 0.6 is 11.8 Å². The van der Waals surface area contributed by atoms with Gasteiger partial charge >= 0.3 is 0 Å². The topological polar surface area (TPSA) is 12.0 Å². The minimum Gasteiger partial charge on any atom is -0.313 e. The summed E-state index contributed by atoms with van der Waals surface area (Å²) in [7, 11) is 0. The average Bonchev–Trinajstić information content (AvgIpc) is 2.42. The summed E-state index contributed by atoms with van der Waals surface area (Å²) in [5.41, 5.74) is 1.84. The standard InChI is InChI=1S/C19H31NS/c1-6-20-16-12-11-15(19(3,4)5)13-18(16)21-17-10-8-7-9-14(17)2/h7-10,15-16,18,20H,6,11-13H2,1-5H3. The molecule has 3 unspecified atom stereocenters. The molecule has 1 saturated carbocycles. The van der Waals surface area contributed by atoms with Crippen LogP contribution in [0.2, 0.25) is 0 Å². The lowest BCUT2D eigenvalue weighted by Gasteiger charge is -2.42. The summed E-state index contributed by atoms with van der Waals surface area (Å²) in [4.78, 5) is 1.46. The molecule has 0 amide bonds. The lowest BCUT2D eigenvalue weighted by molar-refractivity contribution is 0.165. The fourth-order valence-corrected chi connectivity index (χ4v) is 4.86. The normalized spacial score (nSPS) is 26.8. The molecule has 1 nitrogen and oxygen atoms in total. The summed E-state index contributed by atoms with van der Waals surface area (Å²) in [6, 6.07) is 9.48. The number of aryl methyl sites for hydroxylation is 1. The third-order valence-electron chi connectivity index (χ3n) is 4.85. The highest BCUT2D eigenvalue weighted by atomic mass is 32.2. The number of rotatable bonds is 4. The zero-order valence-corrected chi connectivity index (χ0v) is 15.1. The number of thioether (sulfide) groups is 1. The Kier molecular flexibility index (Phi) is 5.79. The molecule has 2 heteroatoms. The Balaban J connectivity index is 2.12. The molecule has 0 saturated heterocycles. The van der Waals surface area contributed by atoms with Gasteiger partial charge in [-0.2, -0.15) is 0 Å². The Labute approximate surface area is 135 Å². The monoisotopic (exact) mass is 305 g/mol. The Hall–Kier alpha value is -0.470. The van der Waals surface area contributed by atoms with Gasteiger partial charge in [0.15, 0.2) is 0 Å². The molecule has 0 aliphatic heterocycles. The van der Waals surface area contributed by atoms with Crippen LogP contribution in [-0.2, 0) is 0 Å². The number of hydrogen-bond donors (Lipinski definition) is 1. The SMILES string of the molecule is CCNC1CCC(C(C)(C)C)CC1Sc1ccccc1C. The third-order valence-corrected chi connectivity index (χ3v) is 6.39. The Morgan fingerprint density at radius 2 is 1.90 bits per heavy atom. The molecule has 1 aromatic carbocycles. The van der Waals surface area contributed by atoms with Crippen molar-refractivity contribution in [1.82, 2.24) is 5.32 Å². The summed E-state index contributed by atoms with van der Waals surface area (Å²) in [6.07, 6.45) is 4.02. The molecule has 1 aromatic rings. The highest BCUT2D eigenvalue weighted by Crippen LogP contribution is 2.43. The zero-order valence-electron chi connectivity index (χ0n) is 14.3. The Morgan fingerprint density at radius 3 is 2.52 bits per heavy atom. The first-order valence-electron chi connectivity index (χ1n) is 8.37. The Bertz CT molecular complexity index is 449. The third kappa shape index (κ3) is 4.50. The van der Waals surface area contributed by atoms with Crippen LogP contribution in [0.15, 0.2) is 29.2 Å². The average molecular weight is 306 g/mol. The maximum absolute atomic E-state index is 3.73. The van der Waals surface area contributed by atoms with Crippen molar-refractivity contribution in [2.75, 3.05) is 6.54 Å². The van der Waals surface area contributed by atoms with Crippen molar-refractivity contribution in [3.05, 3.63) is 29.8 Å². The van der Waals surface area contributed by atoms with E-state index in [1.165, 1.54) is 29.7 Å². The van der Waals surface area contributed by atoms with Gasteiger partial charge in [-0.15, -0.1) is 11.8 Å². The predicted octanol–water partition coefficient (Wildman–Crippen LogP) is 5.28. The number of nitrogens with one attached hydrogen (secondary N) is 1. The summed E-state index contributed by atoms with van der Waals surface area (Å²) in [5.74, 6) is 0.842. The highest BCUT2D eigenvalue weighted by molar-refractivity contribution is 8.00. The molecule has 3 atom stereocenters. The van der Waals surface area contributed by atoms with Gasteiger partial charge in [-0.1, -0.05) is 45.9 Å². The minimum atomic E-state index is 0.432. The molecule has 0 radical (unpaired) electrons. The van der Waals surface area contributed by atoms with Gasteiger partial charge < -0.3 is 5.32 Å². The van der Waals surface area contributed by atoms with E-state index in [9.17, 15) is 0 Å². The van der Waals surface area contributed by atoms with Gasteiger partial charge in [0.2, 0.25) is 0 Å². The second kappa shape index (κ2) is 7.19. The molecule has 118 valence electrons. The molecule has 0 bridgehead atoms. The van der Waals surface area contributed by atoms with E-state index in [1.807, 2.05) is 0 Å². The smallest absolute Gasteiger partial charge is 0.0251 e. The van der Waals surface area contributed by atoms with Crippen molar-refractivity contribution in [3.63, 3.8) is 0 Å².